The molecule has 2 heteroatoms. The molecule has 0 aromatic carbocycles. The van der Waals surface area contributed by atoms with Crippen molar-refractivity contribution in [2.75, 3.05) is 0 Å². The molecule has 12 heavy (non-hydrogen) atoms. The third kappa shape index (κ3) is 2.86. The fourth-order valence-electron chi connectivity index (χ4n) is 1.07. The SMILES string of the molecule is CC.CCC(N)C(O)=C1CCC1. The molecule has 1 aliphatic rings. The molecule has 1 unspecified atom stereocenters. The van der Waals surface area contributed by atoms with Crippen LogP contribution in [0.3, 0.4) is 0 Å². The van der Waals surface area contributed by atoms with Gasteiger partial charge in [-0.1, -0.05) is 20.8 Å². The van der Waals surface area contributed by atoms with Crippen molar-refractivity contribution >= 4 is 0 Å². The van der Waals surface area contributed by atoms with E-state index in [1.165, 1.54) is 12.0 Å². The smallest absolute Gasteiger partial charge is 0.108 e. The zero-order chi connectivity index (χ0) is 9.56. The van der Waals surface area contributed by atoms with Crippen molar-refractivity contribution in [3.8, 4) is 0 Å². The van der Waals surface area contributed by atoms with Crippen molar-refractivity contribution < 1.29 is 5.11 Å². The van der Waals surface area contributed by atoms with Gasteiger partial charge in [-0.05, 0) is 31.3 Å². The van der Waals surface area contributed by atoms with Gasteiger partial charge in [-0.15, -0.1) is 0 Å². The van der Waals surface area contributed by atoms with E-state index in [2.05, 4.69) is 0 Å². The van der Waals surface area contributed by atoms with Crippen LogP contribution < -0.4 is 5.73 Å². The first-order chi connectivity index (χ1) is 5.75. The molecule has 0 saturated heterocycles. The Balaban J connectivity index is 0.000000561. The van der Waals surface area contributed by atoms with E-state index in [4.69, 9.17) is 5.73 Å². The molecular weight excluding hydrogens is 150 g/mol. The Hall–Kier alpha value is -0.500. The van der Waals surface area contributed by atoms with Crippen molar-refractivity contribution in [2.24, 2.45) is 5.73 Å². The van der Waals surface area contributed by atoms with Gasteiger partial charge in [0.15, 0.2) is 0 Å². The number of aliphatic hydroxyl groups excluding tert-OH is 1. The van der Waals surface area contributed by atoms with Gasteiger partial charge in [0.05, 0.1) is 6.04 Å². The van der Waals surface area contributed by atoms with Crippen LogP contribution in [-0.4, -0.2) is 11.1 Å². The van der Waals surface area contributed by atoms with Gasteiger partial charge < -0.3 is 10.8 Å². The summed E-state index contributed by atoms with van der Waals surface area (Å²) in [5.74, 6) is 0.453. The monoisotopic (exact) mass is 171 g/mol. The largest absolute Gasteiger partial charge is 0.511 e. The summed E-state index contributed by atoms with van der Waals surface area (Å²) in [4.78, 5) is 0. The van der Waals surface area contributed by atoms with E-state index in [0.29, 0.717) is 5.76 Å². The maximum absolute atomic E-state index is 9.39. The van der Waals surface area contributed by atoms with E-state index < -0.39 is 0 Å². The average Bonchev–Trinajstić information content (AvgIpc) is 2.03. The van der Waals surface area contributed by atoms with Gasteiger partial charge >= 0.3 is 0 Å². The van der Waals surface area contributed by atoms with E-state index in [-0.39, 0.29) is 6.04 Å². The molecule has 0 aromatic heterocycles. The molecule has 1 saturated carbocycles. The zero-order valence-corrected chi connectivity index (χ0v) is 8.43. The summed E-state index contributed by atoms with van der Waals surface area (Å²) in [7, 11) is 0. The summed E-state index contributed by atoms with van der Waals surface area (Å²) in [5.41, 5.74) is 6.79. The third-order valence-corrected chi connectivity index (χ3v) is 2.11. The van der Waals surface area contributed by atoms with Crippen LogP contribution >= 0.6 is 0 Å². The lowest BCUT2D eigenvalue weighted by Gasteiger charge is -2.21. The third-order valence-electron chi connectivity index (χ3n) is 2.11. The van der Waals surface area contributed by atoms with Crippen LogP contribution in [0.1, 0.15) is 46.5 Å². The van der Waals surface area contributed by atoms with Gasteiger partial charge in [-0.2, -0.15) is 0 Å². The van der Waals surface area contributed by atoms with E-state index in [9.17, 15) is 5.11 Å². The van der Waals surface area contributed by atoms with Crippen LogP contribution in [0.4, 0.5) is 0 Å². The quantitative estimate of drug-likeness (QED) is 0.627. The summed E-state index contributed by atoms with van der Waals surface area (Å²) in [6.07, 6.45) is 4.16. The molecule has 3 N–H and O–H groups in total. The highest BCUT2D eigenvalue weighted by Gasteiger charge is 2.17. The second kappa shape index (κ2) is 6.06. The van der Waals surface area contributed by atoms with Gasteiger partial charge in [0.2, 0.25) is 0 Å². The predicted molar refractivity (Wildman–Crippen MR) is 53.1 cm³/mol. The Labute approximate surface area is 75.5 Å². The molecule has 0 aromatic rings. The van der Waals surface area contributed by atoms with Crippen molar-refractivity contribution in [3.63, 3.8) is 0 Å². The normalized spacial score (nSPS) is 17.2. The molecule has 0 amide bonds. The maximum atomic E-state index is 9.39. The molecule has 1 atom stereocenters. The predicted octanol–water partition coefficient (Wildman–Crippen LogP) is 2.75. The van der Waals surface area contributed by atoms with E-state index in [1.807, 2.05) is 20.8 Å². The van der Waals surface area contributed by atoms with Crippen molar-refractivity contribution in [1.29, 1.82) is 0 Å². The summed E-state index contributed by atoms with van der Waals surface area (Å²) in [5, 5.41) is 9.39. The van der Waals surface area contributed by atoms with Crippen LogP contribution in [0, 0.1) is 0 Å². The molecule has 72 valence electrons. The minimum atomic E-state index is -0.115. The Kier molecular flexibility index (Phi) is 5.81. The Bertz CT molecular complexity index is 146. The minimum absolute atomic E-state index is 0.115. The molecule has 0 bridgehead atoms. The van der Waals surface area contributed by atoms with Gasteiger partial charge in [0.25, 0.3) is 0 Å². The van der Waals surface area contributed by atoms with Gasteiger partial charge in [-0.3, -0.25) is 0 Å². The minimum Gasteiger partial charge on any atom is -0.511 e. The summed E-state index contributed by atoms with van der Waals surface area (Å²) < 4.78 is 0. The number of aliphatic hydroxyl groups is 1. The number of nitrogens with two attached hydrogens (primary N) is 1. The van der Waals surface area contributed by atoms with Crippen LogP contribution in [0.25, 0.3) is 0 Å². The lowest BCUT2D eigenvalue weighted by atomic mass is 9.89. The second-order valence-electron chi connectivity index (χ2n) is 2.86. The van der Waals surface area contributed by atoms with Crippen molar-refractivity contribution in [1.82, 2.24) is 0 Å². The molecule has 2 nitrogen and oxygen atoms in total. The lowest BCUT2D eigenvalue weighted by Crippen LogP contribution is -2.24. The van der Waals surface area contributed by atoms with E-state index in [1.54, 1.807) is 0 Å². The highest BCUT2D eigenvalue weighted by Crippen LogP contribution is 2.28. The zero-order valence-electron chi connectivity index (χ0n) is 8.43. The van der Waals surface area contributed by atoms with Crippen LogP contribution in [0.15, 0.2) is 11.3 Å². The fourth-order valence-corrected chi connectivity index (χ4v) is 1.07. The first kappa shape index (κ1) is 11.5. The van der Waals surface area contributed by atoms with Crippen molar-refractivity contribution in [3.05, 3.63) is 11.3 Å². The molecular formula is C10H21NO. The molecule has 0 radical (unpaired) electrons. The number of allylic oxidation sites excluding steroid dienone is 1. The topological polar surface area (TPSA) is 46.2 Å². The van der Waals surface area contributed by atoms with Crippen molar-refractivity contribution in [2.45, 2.75) is 52.5 Å². The summed E-state index contributed by atoms with van der Waals surface area (Å²) in [6, 6.07) is -0.115. The summed E-state index contributed by atoms with van der Waals surface area (Å²) >= 11 is 0. The number of hydrogen-bond acceptors (Lipinski definition) is 2. The average molecular weight is 171 g/mol. The molecule has 1 fully saturated rings. The highest BCUT2D eigenvalue weighted by molar-refractivity contribution is 5.17. The Morgan fingerprint density at radius 3 is 2.25 bits per heavy atom. The second-order valence-corrected chi connectivity index (χ2v) is 2.86. The Morgan fingerprint density at radius 1 is 1.50 bits per heavy atom. The molecule has 0 spiro atoms. The molecule has 1 aliphatic carbocycles. The molecule has 0 aliphatic heterocycles. The first-order valence-corrected chi connectivity index (χ1v) is 4.92. The van der Waals surface area contributed by atoms with Crippen LogP contribution in [-0.2, 0) is 0 Å². The van der Waals surface area contributed by atoms with E-state index in [0.717, 1.165) is 19.3 Å². The van der Waals surface area contributed by atoms with Crippen LogP contribution in [0.2, 0.25) is 0 Å². The van der Waals surface area contributed by atoms with E-state index >= 15 is 0 Å². The van der Waals surface area contributed by atoms with Gasteiger partial charge in [-0.25, -0.2) is 0 Å². The molecule has 0 heterocycles. The standard InChI is InChI=1S/C8H15NO.C2H6/c1-2-7(9)8(10)6-4-3-5-6;1-2/h7,10H,2-5,9H2,1H3;1-2H3. The van der Waals surface area contributed by atoms with Gasteiger partial charge in [0, 0.05) is 0 Å². The first-order valence-electron chi connectivity index (χ1n) is 4.92. The molecule has 1 rings (SSSR count). The van der Waals surface area contributed by atoms with Crippen LogP contribution in [0.5, 0.6) is 0 Å². The maximum Gasteiger partial charge on any atom is 0.108 e. The highest BCUT2D eigenvalue weighted by atomic mass is 16.3. The Morgan fingerprint density at radius 2 is 2.00 bits per heavy atom. The fraction of sp³-hybridized carbons (Fsp3) is 0.800. The number of hydrogen-bond donors (Lipinski definition) is 2. The number of rotatable bonds is 2. The summed E-state index contributed by atoms with van der Waals surface area (Å²) in [6.45, 7) is 5.99. The lowest BCUT2D eigenvalue weighted by molar-refractivity contribution is 0.341. The van der Waals surface area contributed by atoms with Gasteiger partial charge in [0.1, 0.15) is 5.76 Å².